The van der Waals surface area contributed by atoms with Crippen LogP contribution in [0.25, 0.3) is 0 Å². The summed E-state index contributed by atoms with van der Waals surface area (Å²) in [7, 11) is 0. The highest BCUT2D eigenvalue weighted by atomic mass is 16.7. The number of benzene rings is 2. The standard InChI is InChI=1S/C22H23N3O4/c1-2-27-18-6-3-16(4-7-18)19(14-23)24-9-11-25(12-10-24)22(26)17-5-8-20-21(13-17)29-15-28-20/h3-8,13,19H,2,9-12,15H2,1H3. The lowest BCUT2D eigenvalue weighted by Crippen LogP contribution is -2.49. The van der Waals surface area contributed by atoms with Gasteiger partial charge >= 0.3 is 0 Å². The number of amides is 1. The van der Waals surface area contributed by atoms with E-state index >= 15 is 0 Å². The van der Waals surface area contributed by atoms with Gasteiger partial charge in [0, 0.05) is 31.7 Å². The van der Waals surface area contributed by atoms with E-state index in [1.54, 1.807) is 18.2 Å². The van der Waals surface area contributed by atoms with E-state index in [-0.39, 0.29) is 18.7 Å². The number of nitriles is 1. The number of hydrogen-bond donors (Lipinski definition) is 0. The number of fused-ring (bicyclic) bond motifs is 1. The van der Waals surface area contributed by atoms with E-state index in [9.17, 15) is 10.1 Å². The molecule has 29 heavy (non-hydrogen) atoms. The average molecular weight is 393 g/mol. The Morgan fingerprint density at radius 3 is 2.52 bits per heavy atom. The molecule has 2 heterocycles. The lowest BCUT2D eigenvalue weighted by molar-refractivity contribution is 0.0606. The SMILES string of the molecule is CCOc1ccc(C(C#N)N2CCN(C(=O)c3ccc4c(c3)OCO4)CC2)cc1. The van der Waals surface area contributed by atoms with Crippen LogP contribution in [0.4, 0.5) is 0 Å². The van der Waals surface area contributed by atoms with Crippen molar-refractivity contribution in [1.82, 2.24) is 9.80 Å². The smallest absolute Gasteiger partial charge is 0.254 e. The van der Waals surface area contributed by atoms with Crippen molar-refractivity contribution in [3.63, 3.8) is 0 Å². The minimum Gasteiger partial charge on any atom is -0.494 e. The summed E-state index contributed by atoms with van der Waals surface area (Å²) in [4.78, 5) is 16.8. The van der Waals surface area contributed by atoms with Gasteiger partial charge in [-0.15, -0.1) is 0 Å². The first-order chi connectivity index (χ1) is 14.2. The molecule has 0 N–H and O–H groups in total. The van der Waals surface area contributed by atoms with Crippen LogP contribution in [0.3, 0.4) is 0 Å². The molecule has 150 valence electrons. The predicted molar refractivity (Wildman–Crippen MR) is 106 cm³/mol. The van der Waals surface area contributed by atoms with Crippen molar-refractivity contribution in [3.05, 3.63) is 53.6 Å². The molecule has 0 saturated carbocycles. The number of carbonyl (C=O) groups is 1. The van der Waals surface area contributed by atoms with Crippen LogP contribution in [-0.2, 0) is 0 Å². The molecule has 2 aromatic rings. The second-order valence-corrected chi connectivity index (χ2v) is 6.93. The van der Waals surface area contributed by atoms with E-state index in [4.69, 9.17) is 14.2 Å². The molecular formula is C22H23N3O4. The zero-order chi connectivity index (χ0) is 20.2. The van der Waals surface area contributed by atoms with Crippen molar-refractivity contribution in [3.8, 4) is 23.3 Å². The summed E-state index contributed by atoms with van der Waals surface area (Å²) < 4.78 is 16.1. The summed E-state index contributed by atoms with van der Waals surface area (Å²) in [6.45, 7) is 5.16. The molecule has 4 rings (SSSR count). The fraction of sp³-hybridized carbons (Fsp3) is 0.364. The third kappa shape index (κ3) is 3.98. The van der Waals surface area contributed by atoms with Gasteiger partial charge in [-0.3, -0.25) is 9.69 Å². The van der Waals surface area contributed by atoms with E-state index in [0.717, 1.165) is 11.3 Å². The Hall–Kier alpha value is -3.24. The molecule has 2 aromatic carbocycles. The molecule has 0 aromatic heterocycles. The zero-order valence-corrected chi connectivity index (χ0v) is 16.3. The molecule has 0 aliphatic carbocycles. The molecule has 1 fully saturated rings. The van der Waals surface area contributed by atoms with Gasteiger partial charge in [0.1, 0.15) is 11.8 Å². The van der Waals surface area contributed by atoms with Crippen LogP contribution >= 0.6 is 0 Å². The molecule has 1 atom stereocenters. The lowest BCUT2D eigenvalue weighted by Gasteiger charge is -2.37. The van der Waals surface area contributed by atoms with Crippen molar-refractivity contribution >= 4 is 5.91 Å². The third-order valence-electron chi connectivity index (χ3n) is 5.22. The summed E-state index contributed by atoms with van der Waals surface area (Å²) in [6, 6.07) is 15.0. The fourth-order valence-corrected chi connectivity index (χ4v) is 3.68. The van der Waals surface area contributed by atoms with Crippen molar-refractivity contribution in [2.45, 2.75) is 13.0 Å². The number of nitrogens with zero attached hydrogens (tertiary/aromatic N) is 3. The maximum absolute atomic E-state index is 12.8. The second kappa shape index (κ2) is 8.41. The summed E-state index contributed by atoms with van der Waals surface area (Å²) in [5.74, 6) is 2.04. The largest absolute Gasteiger partial charge is 0.494 e. The molecule has 2 aliphatic heterocycles. The molecule has 0 radical (unpaired) electrons. The Balaban J connectivity index is 1.39. The average Bonchev–Trinajstić information content (AvgIpc) is 3.23. The first kappa shape index (κ1) is 19.1. The molecule has 0 spiro atoms. The van der Waals surface area contributed by atoms with Gasteiger partial charge < -0.3 is 19.1 Å². The van der Waals surface area contributed by atoms with Crippen molar-refractivity contribution in [1.29, 1.82) is 5.26 Å². The van der Waals surface area contributed by atoms with E-state index < -0.39 is 0 Å². The maximum atomic E-state index is 12.8. The van der Waals surface area contributed by atoms with Crippen LogP contribution in [0.5, 0.6) is 17.2 Å². The summed E-state index contributed by atoms with van der Waals surface area (Å²) >= 11 is 0. The van der Waals surface area contributed by atoms with Crippen LogP contribution in [0.1, 0.15) is 28.9 Å². The highest BCUT2D eigenvalue weighted by Crippen LogP contribution is 2.33. The maximum Gasteiger partial charge on any atom is 0.254 e. The molecule has 1 saturated heterocycles. The molecule has 7 heteroatoms. The van der Waals surface area contributed by atoms with Gasteiger partial charge in [0.25, 0.3) is 5.91 Å². The summed E-state index contributed by atoms with van der Waals surface area (Å²) in [5.41, 5.74) is 1.53. The summed E-state index contributed by atoms with van der Waals surface area (Å²) in [5, 5.41) is 9.72. The van der Waals surface area contributed by atoms with Crippen LogP contribution in [0, 0.1) is 11.3 Å². The fourth-order valence-electron chi connectivity index (χ4n) is 3.68. The topological polar surface area (TPSA) is 75.0 Å². The zero-order valence-electron chi connectivity index (χ0n) is 16.3. The number of ether oxygens (including phenoxy) is 3. The minimum atomic E-state index is -0.339. The van der Waals surface area contributed by atoms with E-state index in [1.807, 2.05) is 36.1 Å². The van der Waals surface area contributed by atoms with Gasteiger partial charge in [-0.05, 0) is 42.8 Å². The third-order valence-corrected chi connectivity index (χ3v) is 5.22. The molecule has 2 aliphatic rings. The van der Waals surface area contributed by atoms with Crippen molar-refractivity contribution in [2.75, 3.05) is 39.6 Å². The molecule has 7 nitrogen and oxygen atoms in total. The van der Waals surface area contributed by atoms with Crippen LogP contribution in [0.2, 0.25) is 0 Å². The van der Waals surface area contributed by atoms with Crippen molar-refractivity contribution < 1.29 is 19.0 Å². The Kier molecular flexibility index (Phi) is 5.54. The number of carbonyl (C=O) groups excluding carboxylic acids is 1. The van der Waals surface area contributed by atoms with Gasteiger partial charge in [0.2, 0.25) is 6.79 Å². The van der Waals surface area contributed by atoms with Gasteiger partial charge in [-0.2, -0.15) is 5.26 Å². The van der Waals surface area contributed by atoms with Gasteiger partial charge in [0.15, 0.2) is 11.5 Å². The number of rotatable bonds is 5. The Morgan fingerprint density at radius 1 is 1.10 bits per heavy atom. The minimum absolute atomic E-state index is 0.0301. The van der Waals surface area contributed by atoms with Crippen molar-refractivity contribution in [2.24, 2.45) is 0 Å². The van der Waals surface area contributed by atoms with Gasteiger partial charge in [-0.25, -0.2) is 0 Å². The van der Waals surface area contributed by atoms with Crippen LogP contribution < -0.4 is 14.2 Å². The van der Waals surface area contributed by atoms with E-state index in [0.29, 0.717) is 49.8 Å². The first-order valence-electron chi connectivity index (χ1n) is 9.75. The van der Waals surface area contributed by atoms with Gasteiger partial charge in [-0.1, -0.05) is 12.1 Å². The van der Waals surface area contributed by atoms with Crippen LogP contribution in [-0.4, -0.2) is 55.3 Å². The van der Waals surface area contributed by atoms with E-state index in [2.05, 4.69) is 11.0 Å². The monoisotopic (exact) mass is 393 g/mol. The molecule has 0 bridgehead atoms. The Morgan fingerprint density at radius 2 is 1.83 bits per heavy atom. The normalized spacial score (nSPS) is 16.9. The summed E-state index contributed by atoms with van der Waals surface area (Å²) in [6.07, 6.45) is 0. The quantitative estimate of drug-likeness (QED) is 0.778. The van der Waals surface area contributed by atoms with Crippen LogP contribution in [0.15, 0.2) is 42.5 Å². The lowest BCUT2D eigenvalue weighted by atomic mass is 10.1. The van der Waals surface area contributed by atoms with E-state index in [1.165, 1.54) is 0 Å². The Bertz CT molecular complexity index is 915. The molecule has 1 amide bonds. The molecule has 1 unspecified atom stereocenters. The predicted octanol–water partition coefficient (Wildman–Crippen LogP) is 2.84. The molecular weight excluding hydrogens is 370 g/mol. The first-order valence-corrected chi connectivity index (χ1v) is 9.75. The van der Waals surface area contributed by atoms with Gasteiger partial charge in [0.05, 0.1) is 12.7 Å². The Labute approximate surface area is 170 Å². The highest BCUT2D eigenvalue weighted by molar-refractivity contribution is 5.95. The highest BCUT2D eigenvalue weighted by Gasteiger charge is 2.28. The number of piperazine rings is 1. The second-order valence-electron chi connectivity index (χ2n) is 6.93. The number of hydrogen-bond acceptors (Lipinski definition) is 6.